The van der Waals surface area contributed by atoms with Crippen molar-refractivity contribution >= 4 is 28.8 Å². The van der Waals surface area contributed by atoms with Gasteiger partial charge in [0, 0.05) is 69.4 Å². The Labute approximate surface area is 211 Å². The molecule has 5 rings (SSSR count). The third-order valence-electron chi connectivity index (χ3n) is 6.46. The number of aromatic nitrogens is 1. The molecule has 36 heavy (non-hydrogen) atoms. The van der Waals surface area contributed by atoms with Crippen molar-refractivity contribution in [3.8, 4) is 16.9 Å². The van der Waals surface area contributed by atoms with Crippen LogP contribution in [-0.4, -0.2) is 71.5 Å². The van der Waals surface area contributed by atoms with E-state index in [1.54, 1.807) is 28.6 Å². The number of hydrogen-bond donors (Lipinski definition) is 0. The Morgan fingerprint density at radius 2 is 1.81 bits per heavy atom. The molecular weight excluding hydrogens is 486 g/mol. The fourth-order valence-corrected chi connectivity index (χ4v) is 5.34. The van der Waals surface area contributed by atoms with Gasteiger partial charge in [-0.2, -0.15) is 8.78 Å². The number of carbonyl (C=O) groups excluding carboxylic acids is 2. The summed E-state index contributed by atoms with van der Waals surface area (Å²) in [6.07, 6.45) is -1.22. The molecule has 188 valence electrons. The van der Waals surface area contributed by atoms with Gasteiger partial charge in [-0.3, -0.25) is 14.5 Å². The molecule has 2 fully saturated rings. The maximum atomic E-state index is 13.3. The number of halogens is 2. The minimum atomic E-state index is -3.27. The smallest absolute Gasteiger partial charge is 0.394 e. The second kappa shape index (κ2) is 9.94. The highest BCUT2D eigenvalue weighted by Gasteiger charge is 2.36. The van der Waals surface area contributed by atoms with Crippen LogP contribution in [0.1, 0.15) is 23.1 Å². The molecule has 3 aromatic rings. The number of rotatable bonds is 6. The van der Waals surface area contributed by atoms with E-state index in [1.807, 2.05) is 35.2 Å². The van der Waals surface area contributed by atoms with Gasteiger partial charge < -0.3 is 14.5 Å². The van der Waals surface area contributed by atoms with Gasteiger partial charge in [-0.05, 0) is 35.4 Å². The predicted molar refractivity (Wildman–Crippen MR) is 133 cm³/mol. The van der Waals surface area contributed by atoms with Gasteiger partial charge in [0.05, 0.1) is 0 Å². The van der Waals surface area contributed by atoms with Crippen LogP contribution in [0.5, 0.6) is 5.75 Å². The Morgan fingerprint density at radius 3 is 2.50 bits per heavy atom. The lowest BCUT2D eigenvalue weighted by Gasteiger charge is -2.37. The van der Waals surface area contributed by atoms with Crippen LogP contribution in [-0.2, 0) is 4.79 Å². The molecule has 2 saturated heterocycles. The number of carbonyl (C=O) groups is 2. The van der Waals surface area contributed by atoms with Crippen LogP contribution in [0.2, 0.25) is 0 Å². The number of piperazine rings is 1. The SMILES string of the molecule is CC(F)(F)Oc1cccc(-c2cccc(N3CC(N4CCN(C(=O)c5nccs5)CC4)CC3=O)c2)c1. The molecule has 0 spiro atoms. The van der Waals surface area contributed by atoms with Crippen LogP contribution in [0.4, 0.5) is 14.5 Å². The largest absolute Gasteiger partial charge is 0.433 e. The first-order valence-corrected chi connectivity index (χ1v) is 12.7. The number of hydrogen-bond acceptors (Lipinski definition) is 6. The normalized spacial score (nSPS) is 19.1. The highest BCUT2D eigenvalue weighted by Crippen LogP contribution is 2.32. The first kappa shape index (κ1) is 24.3. The third kappa shape index (κ3) is 5.39. The Balaban J connectivity index is 1.24. The molecule has 10 heteroatoms. The topological polar surface area (TPSA) is 66.0 Å². The van der Waals surface area contributed by atoms with Crippen molar-refractivity contribution in [2.75, 3.05) is 37.6 Å². The van der Waals surface area contributed by atoms with Crippen LogP contribution in [0.3, 0.4) is 0 Å². The zero-order valence-corrected chi connectivity index (χ0v) is 20.6. The van der Waals surface area contributed by atoms with Gasteiger partial charge in [-0.15, -0.1) is 11.3 Å². The Kier molecular flexibility index (Phi) is 6.72. The number of benzene rings is 2. The Bertz CT molecular complexity index is 1240. The second-order valence-corrected chi connectivity index (χ2v) is 9.91. The molecule has 0 radical (unpaired) electrons. The van der Waals surface area contributed by atoms with Crippen molar-refractivity contribution in [3.05, 3.63) is 65.1 Å². The van der Waals surface area contributed by atoms with Crippen LogP contribution in [0.25, 0.3) is 11.1 Å². The van der Waals surface area contributed by atoms with Crippen LogP contribution < -0.4 is 9.64 Å². The summed E-state index contributed by atoms with van der Waals surface area (Å²) in [6.45, 7) is 3.89. The molecule has 2 amide bonds. The molecule has 1 aromatic heterocycles. The van der Waals surface area contributed by atoms with E-state index in [9.17, 15) is 18.4 Å². The fraction of sp³-hybridized carbons (Fsp3) is 0.346. The minimum absolute atomic E-state index is 0.0392. The Hall–Kier alpha value is -3.37. The second-order valence-electron chi connectivity index (χ2n) is 9.02. The maximum Gasteiger partial charge on any atom is 0.394 e. The predicted octanol–water partition coefficient (Wildman–Crippen LogP) is 4.36. The average Bonchev–Trinajstić information content (AvgIpc) is 3.53. The zero-order chi connectivity index (χ0) is 25.3. The lowest BCUT2D eigenvalue weighted by Crippen LogP contribution is -2.52. The Morgan fingerprint density at radius 1 is 1.08 bits per heavy atom. The molecule has 2 aliphatic heterocycles. The van der Waals surface area contributed by atoms with Gasteiger partial charge >= 0.3 is 6.11 Å². The monoisotopic (exact) mass is 512 g/mol. The fourth-order valence-electron chi connectivity index (χ4n) is 4.74. The molecule has 0 N–H and O–H groups in total. The molecule has 7 nitrogen and oxygen atoms in total. The van der Waals surface area contributed by atoms with Gasteiger partial charge in [-0.1, -0.05) is 24.3 Å². The van der Waals surface area contributed by atoms with E-state index < -0.39 is 6.11 Å². The summed E-state index contributed by atoms with van der Waals surface area (Å²) in [7, 11) is 0. The molecule has 1 unspecified atom stereocenters. The van der Waals surface area contributed by atoms with E-state index in [-0.39, 0.29) is 23.6 Å². The van der Waals surface area contributed by atoms with Crippen molar-refractivity contribution < 1.29 is 23.1 Å². The molecular formula is C26H26F2N4O3S. The van der Waals surface area contributed by atoms with Crippen LogP contribution >= 0.6 is 11.3 Å². The maximum absolute atomic E-state index is 13.3. The van der Waals surface area contributed by atoms with Crippen LogP contribution in [0.15, 0.2) is 60.1 Å². The zero-order valence-electron chi connectivity index (χ0n) is 19.8. The standard InChI is InChI=1S/C26H26F2N4O3S/c1-26(27,28)35-22-7-3-5-19(15-22)18-4-2-6-20(14-18)32-17-21(16-23(32)33)30-9-11-31(12-10-30)25(34)24-29-8-13-36-24/h2-8,13-15,21H,9-12,16-17H2,1H3. The molecule has 3 heterocycles. The number of amides is 2. The third-order valence-corrected chi connectivity index (χ3v) is 7.22. The van der Waals surface area contributed by atoms with Gasteiger partial charge in [0.1, 0.15) is 5.75 Å². The van der Waals surface area contributed by atoms with Gasteiger partial charge in [0.15, 0.2) is 5.01 Å². The highest BCUT2D eigenvalue weighted by molar-refractivity contribution is 7.11. The molecule has 2 aliphatic rings. The van der Waals surface area contributed by atoms with E-state index in [4.69, 9.17) is 4.74 Å². The summed E-state index contributed by atoms with van der Waals surface area (Å²) >= 11 is 1.34. The average molecular weight is 513 g/mol. The minimum Gasteiger partial charge on any atom is -0.433 e. The van der Waals surface area contributed by atoms with Crippen molar-refractivity contribution in [1.82, 2.24) is 14.8 Å². The highest BCUT2D eigenvalue weighted by atomic mass is 32.1. The number of nitrogens with zero attached hydrogens (tertiary/aromatic N) is 4. The number of thiazole rings is 1. The van der Waals surface area contributed by atoms with E-state index in [0.29, 0.717) is 51.1 Å². The number of ether oxygens (including phenoxy) is 1. The van der Waals surface area contributed by atoms with E-state index >= 15 is 0 Å². The summed E-state index contributed by atoms with van der Waals surface area (Å²) in [5.74, 6) is 0.0825. The van der Waals surface area contributed by atoms with Crippen molar-refractivity contribution in [3.63, 3.8) is 0 Å². The van der Waals surface area contributed by atoms with E-state index in [0.717, 1.165) is 16.8 Å². The molecule has 0 saturated carbocycles. The first-order valence-electron chi connectivity index (χ1n) is 11.8. The number of alkyl halides is 2. The molecule has 0 bridgehead atoms. The summed E-state index contributed by atoms with van der Waals surface area (Å²) in [4.78, 5) is 35.5. The quantitative estimate of drug-likeness (QED) is 0.491. The lowest BCUT2D eigenvalue weighted by molar-refractivity contribution is -0.158. The first-order chi connectivity index (χ1) is 17.3. The molecule has 0 aliphatic carbocycles. The lowest BCUT2D eigenvalue weighted by atomic mass is 10.0. The summed E-state index contributed by atoms with van der Waals surface area (Å²) in [6, 6.07) is 14.1. The number of anilines is 1. The molecule has 1 atom stereocenters. The summed E-state index contributed by atoms with van der Waals surface area (Å²) in [5, 5.41) is 2.30. The van der Waals surface area contributed by atoms with Crippen molar-refractivity contribution in [2.45, 2.75) is 25.5 Å². The van der Waals surface area contributed by atoms with Crippen molar-refractivity contribution in [2.24, 2.45) is 0 Å². The van der Waals surface area contributed by atoms with Gasteiger partial charge in [0.2, 0.25) is 5.91 Å². The van der Waals surface area contributed by atoms with Gasteiger partial charge in [0.25, 0.3) is 5.91 Å². The van der Waals surface area contributed by atoms with Crippen molar-refractivity contribution in [1.29, 1.82) is 0 Å². The summed E-state index contributed by atoms with van der Waals surface area (Å²) < 4.78 is 31.3. The van der Waals surface area contributed by atoms with Gasteiger partial charge in [-0.25, -0.2) is 4.98 Å². The van der Waals surface area contributed by atoms with E-state index in [2.05, 4.69) is 9.88 Å². The van der Waals surface area contributed by atoms with E-state index in [1.165, 1.54) is 17.4 Å². The van der Waals surface area contributed by atoms with Crippen LogP contribution in [0, 0.1) is 0 Å². The molecule has 2 aromatic carbocycles. The summed E-state index contributed by atoms with van der Waals surface area (Å²) in [5.41, 5.74) is 2.30.